The van der Waals surface area contributed by atoms with Gasteiger partial charge in [-0.1, -0.05) is 18.2 Å². The largest absolute Gasteiger partial charge is 0.468 e. The van der Waals surface area contributed by atoms with Crippen LogP contribution < -0.4 is 20.7 Å². The van der Waals surface area contributed by atoms with Gasteiger partial charge in [0.2, 0.25) is 0 Å². The number of esters is 1. The van der Waals surface area contributed by atoms with Crippen molar-refractivity contribution in [3.63, 3.8) is 0 Å². The number of rotatable bonds is 11. The maximum absolute atomic E-state index is 13.2. The minimum atomic E-state index is -0.688. The number of halogens is 1. The molecule has 0 radical (unpaired) electrons. The summed E-state index contributed by atoms with van der Waals surface area (Å²) in [5.41, 5.74) is 1.92. The number of alkyl halides is 1. The number of hydrogen-bond acceptors (Lipinski definition) is 9. The molecule has 1 aliphatic rings. The molecule has 0 spiro atoms. The van der Waals surface area contributed by atoms with Crippen LogP contribution in [0.5, 0.6) is 11.5 Å². The van der Waals surface area contributed by atoms with Crippen LogP contribution in [0, 0.1) is 0 Å². The lowest BCUT2D eigenvalue weighted by atomic mass is 10.2. The van der Waals surface area contributed by atoms with Gasteiger partial charge in [-0.3, -0.25) is 19.5 Å². The van der Waals surface area contributed by atoms with Gasteiger partial charge in [0.15, 0.2) is 0 Å². The summed E-state index contributed by atoms with van der Waals surface area (Å²) >= 11 is 1.26. The summed E-state index contributed by atoms with van der Waals surface area (Å²) in [5, 5.41) is 18.2. The Kier molecular flexibility index (Phi) is 10.00. The molecule has 44 heavy (non-hydrogen) atoms. The first-order valence-corrected chi connectivity index (χ1v) is 14.8. The highest BCUT2D eigenvalue weighted by atomic mass is 32.1. The Balaban J connectivity index is 1.15. The summed E-state index contributed by atoms with van der Waals surface area (Å²) in [6, 6.07) is 15.9. The van der Waals surface area contributed by atoms with Crippen LogP contribution in [0.4, 0.5) is 20.6 Å². The van der Waals surface area contributed by atoms with Crippen molar-refractivity contribution in [2.24, 2.45) is 0 Å². The summed E-state index contributed by atoms with van der Waals surface area (Å²) in [6.45, 7) is 0.635. The minimum Gasteiger partial charge on any atom is -0.468 e. The highest BCUT2D eigenvalue weighted by Crippen LogP contribution is 2.35. The van der Waals surface area contributed by atoms with E-state index in [2.05, 4.69) is 20.9 Å². The lowest BCUT2D eigenvalue weighted by molar-refractivity contribution is -0.145. The smallest absolute Gasteiger partial charge is 0.323 e. The number of pyridine rings is 1. The summed E-state index contributed by atoms with van der Waals surface area (Å²) in [6.07, 6.45) is 1.97. The van der Waals surface area contributed by atoms with Gasteiger partial charge in [0.25, 0.3) is 5.91 Å². The average Bonchev–Trinajstić information content (AvgIpc) is 3.64. The quantitative estimate of drug-likeness (QED) is 0.136. The zero-order valence-electron chi connectivity index (χ0n) is 23.9. The number of aliphatic hydroxyl groups is 1. The number of likely N-dealkylation sites (tertiary alicyclic amines) is 1. The molecule has 230 valence electrons. The van der Waals surface area contributed by atoms with Gasteiger partial charge in [0.05, 0.1) is 28.3 Å². The Bertz CT molecular complexity index is 1630. The lowest BCUT2D eigenvalue weighted by Gasteiger charge is -2.21. The molecule has 0 unspecified atom stereocenters. The number of aromatic nitrogens is 1. The highest BCUT2D eigenvalue weighted by molar-refractivity contribution is 7.21. The van der Waals surface area contributed by atoms with Crippen LogP contribution in [0.25, 0.3) is 10.2 Å². The number of para-hydroxylation sites is 1. The number of benzene rings is 2. The molecule has 11 nitrogen and oxygen atoms in total. The number of carbonyl (C=O) groups excluding carboxylic acids is 3. The van der Waals surface area contributed by atoms with Crippen molar-refractivity contribution < 1.29 is 33.4 Å². The number of thiophene rings is 1. The number of fused-ring (bicyclic) bond motifs is 1. The predicted molar refractivity (Wildman–Crippen MR) is 165 cm³/mol. The van der Waals surface area contributed by atoms with Crippen molar-refractivity contribution in [1.29, 1.82) is 0 Å². The topological polar surface area (TPSA) is 142 Å². The van der Waals surface area contributed by atoms with E-state index in [-0.39, 0.29) is 11.9 Å². The molecule has 0 saturated carbocycles. The van der Waals surface area contributed by atoms with Gasteiger partial charge in [-0.05, 0) is 42.8 Å². The molecule has 2 aromatic heterocycles. The SMILES string of the molecule is COC(=O)[C@H]1C[C@H](O)CN1CCCNC(=O)c1cc2nccc(Oc3ccc(NC(=O)Nc4ccccc4CF)cc3)c2s1. The number of anilines is 2. The second-order valence-electron chi connectivity index (χ2n) is 10.2. The van der Waals surface area contributed by atoms with E-state index in [9.17, 15) is 23.9 Å². The standard InChI is InChI=1S/C31H32FN5O6S/c1-42-30(40)25-15-21(38)18-37(25)14-4-12-34-29(39)27-16-24-28(44-27)26(11-13-33-24)43-22-9-7-20(8-10-22)35-31(41)36-23-6-3-2-5-19(23)17-32/h2-3,5-11,13,16,21,25,38H,4,12,14-15,17-18H2,1H3,(H,34,39)(H2,35,36,41)/t21-,25+/m0/s1. The number of methoxy groups -OCH3 is 1. The van der Waals surface area contributed by atoms with E-state index in [0.717, 1.165) is 0 Å². The molecule has 0 aliphatic carbocycles. The van der Waals surface area contributed by atoms with Gasteiger partial charge in [0, 0.05) is 55.3 Å². The molecule has 2 aromatic carbocycles. The van der Waals surface area contributed by atoms with Crippen molar-refractivity contribution in [2.45, 2.75) is 31.7 Å². The molecule has 0 bridgehead atoms. The lowest BCUT2D eigenvalue weighted by Crippen LogP contribution is -2.38. The van der Waals surface area contributed by atoms with Gasteiger partial charge >= 0.3 is 12.0 Å². The first kappa shape index (κ1) is 30.9. The molecule has 4 aromatic rings. The Morgan fingerprint density at radius 3 is 2.68 bits per heavy atom. The van der Waals surface area contributed by atoms with Gasteiger partial charge in [-0.15, -0.1) is 11.3 Å². The Morgan fingerprint density at radius 2 is 1.91 bits per heavy atom. The van der Waals surface area contributed by atoms with Gasteiger partial charge in [0.1, 0.15) is 24.2 Å². The van der Waals surface area contributed by atoms with E-state index in [4.69, 9.17) is 9.47 Å². The van der Waals surface area contributed by atoms with Crippen molar-refractivity contribution in [3.05, 3.63) is 77.3 Å². The molecular weight excluding hydrogens is 589 g/mol. The monoisotopic (exact) mass is 621 g/mol. The van der Waals surface area contributed by atoms with E-state index in [1.807, 2.05) is 4.90 Å². The summed E-state index contributed by atoms with van der Waals surface area (Å²) in [4.78, 5) is 44.0. The van der Waals surface area contributed by atoms with E-state index in [1.165, 1.54) is 18.4 Å². The Hall–Kier alpha value is -4.59. The Morgan fingerprint density at radius 1 is 1.11 bits per heavy atom. The van der Waals surface area contributed by atoms with Crippen molar-refractivity contribution in [2.75, 3.05) is 37.4 Å². The first-order chi connectivity index (χ1) is 21.3. The third-order valence-corrected chi connectivity index (χ3v) is 8.25. The maximum atomic E-state index is 13.2. The van der Waals surface area contributed by atoms with Crippen LogP contribution in [-0.4, -0.2) is 71.8 Å². The second kappa shape index (κ2) is 14.3. The molecule has 13 heteroatoms. The third kappa shape index (κ3) is 7.48. The molecule has 3 amide bonds. The number of amides is 3. The number of ether oxygens (including phenoxy) is 2. The minimum absolute atomic E-state index is 0.243. The van der Waals surface area contributed by atoms with Crippen molar-refractivity contribution in [3.8, 4) is 11.5 Å². The molecule has 3 heterocycles. The number of nitrogens with zero attached hydrogens (tertiary/aromatic N) is 2. The summed E-state index contributed by atoms with van der Waals surface area (Å²) in [5.74, 6) is 0.437. The van der Waals surface area contributed by atoms with Crippen LogP contribution in [-0.2, 0) is 16.2 Å². The van der Waals surface area contributed by atoms with Gasteiger partial charge in [-0.25, -0.2) is 9.18 Å². The van der Waals surface area contributed by atoms with Crippen LogP contribution in [0.15, 0.2) is 66.9 Å². The number of aliphatic hydroxyl groups excluding tert-OH is 1. The summed E-state index contributed by atoms with van der Waals surface area (Å²) < 4.78 is 24.8. The highest BCUT2D eigenvalue weighted by Gasteiger charge is 2.36. The number of urea groups is 1. The molecule has 2 atom stereocenters. The van der Waals surface area contributed by atoms with E-state index < -0.39 is 24.9 Å². The molecule has 1 aliphatic heterocycles. The summed E-state index contributed by atoms with van der Waals surface area (Å²) in [7, 11) is 1.33. The van der Waals surface area contributed by atoms with Crippen LogP contribution in [0.1, 0.15) is 28.1 Å². The van der Waals surface area contributed by atoms with E-state index in [0.29, 0.717) is 76.0 Å². The third-order valence-electron chi connectivity index (χ3n) is 7.11. The van der Waals surface area contributed by atoms with E-state index >= 15 is 0 Å². The molecule has 1 saturated heterocycles. The fourth-order valence-corrected chi connectivity index (χ4v) is 5.94. The first-order valence-electron chi connectivity index (χ1n) is 14.0. The molecule has 1 fully saturated rings. The second-order valence-corrected chi connectivity index (χ2v) is 11.2. The zero-order valence-corrected chi connectivity index (χ0v) is 24.7. The molecular formula is C31H32FN5O6S. The van der Waals surface area contributed by atoms with E-state index in [1.54, 1.807) is 66.9 Å². The fourth-order valence-electron chi connectivity index (χ4n) is 4.96. The Labute approximate surface area is 257 Å². The van der Waals surface area contributed by atoms with Crippen molar-refractivity contribution in [1.82, 2.24) is 15.2 Å². The number of carbonyl (C=O) groups is 3. The maximum Gasteiger partial charge on any atom is 0.323 e. The van der Waals surface area contributed by atoms with Gasteiger partial charge in [-0.2, -0.15) is 0 Å². The molecule has 4 N–H and O–H groups in total. The van der Waals surface area contributed by atoms with Crippen molar-refractivity contribution >= 4 is 50.8 Å². The predicted octanol–water partition coefficient (Wildman–Crippen LogP) is 4.93. The number of nitrogens with one attached hydrogen (secondary N) is 3. The zero-order chi connectivity index (χ0) is 31.1. The van der Waals surface area contributed by atoms with Crippen LogP contribution in [0.2, 0.25) is 0 Å². The average molecular weight is 622 g/mol. The normalized spacial score (nSPS) is 16.4. The van der Waals surface area contributed by atoms with Crippen LogP contribution in [0.3, 0.4) is 0 Å². The number of β-amino-alcohol motifs (C(OH)–C–C–N with tert-alkyl or cyclic N) is 1. The van der Waals surface area contributed by atoms with Crippen LogP contribution >= 0.6 is 11.3 Å². The number of hydrogen-bond donors (Lipinski definition) is 4. The van der Waals surface area contributed by atoms with Gasteiger partial charge < -0.3 is 30.5 Å². The molecule has 5 rings (SSSR count). The fraction of sp³-hybridized carbons (Fsp3) is 0.290.